The smallest absolute Gasteiger partial charge is 0.463 e. The molecule has 0 heterocycles. The molecule has 0 spiro atoms. The highest BCUT2D eigenvalue weighted by atomic mass is 31.2. The maximum atomic E-state index is 12.9. The molecule has 18 heteroatoms. The molecular weight excluding hydrogens is 1360 g/mol. The van der Waals surface area contributed by atoms with Crippen LogP contribution in [0, 0.1) is 0 Å². The van der Waals surface area contributed by atoms with Gasteiger partial charge in [0.15, 0.2) is 6.10 Å². The lowest BCUT2D eigenvalue weighted by atomic mass is 10.0. The molecule has 0 aromatic heterocycles. The second-order valence-electron chi connectivity index (χ2n) is 27.2. The molecule has 0 rings (SSSR count). The monoisotopic (exact) mass is 1510 g/mol. The van der Waals surface area contributed by atoms with Crippen LogP contribution in [-0.2, 0) is 55.8 Å². The molecule has 0 saturated heterocycles. The maximum Gasteiger partial charge on any atom is 0.472 e. The number of unbranched alkanes of at least 4 members (excludes halogenated alkanes) is 30. The molecule has 0 aliphatic carbocycles. The van der Waals surface area contributed by atoms with Crippen LogP contribution in [0.4, 0.5) is 0 Å². The second kappa shape index (κ2) is 79.0. The number of aliphatic hydroxyl groups is 2. The lowest BCUT2D eigenvalue weighted by Crippen LogP contribution is -2.30. The summed E-state index contributed by atoms with van der Waals surface area (Å²) in [6.45, 7) is 2.42. The van der Waals surface area contributed by atoms with Gasteiger partial charge in [-0.1, -0.05) is 334 Å². The molecule has 0 saturated carbocycles. The Bertz CT molecular complexity index is 2490. The van der Waals surface area contributed by atoms with Crippen molar-refractivity contribution in [3.8, 4) is 0 Å². The number of carbonyl (C=O) groups is 3. The van der Waals surface area contributed by atoms with Crippen LogP contribution in [0.2, 0.25) is 0 Å². The summed E-state index contributed by atoms with van der Waals surface area (Å²) in [7, 11) is -9.80. The predicted octanol–water partition coefficient (Wildman–Crippen LogP) is 24.4. The van der Waals surface area contributed by atoms with Crippen molar-refractivity contribution in [2.24, 2.45) is 0 Å². The van der Waals surface area contributed by atoms with E-state index in [-0.39, 0.29) is 19.3 Å². The summed E-state index contributed by atoms with van der Waals surface area (Å²) < 4.78 is 61.1. The van der Waals surface area contributed by atoms with Crippen LogP contribution < -0.4 is 0 Å². The molecule has 0 aliphatic rings. The Hall–Kier alpha value is -4.57. The quantitative estimate of drug-likeness (QED) is 0.0146. The summed E-state index contributed by atoms with van der Waals surface area (Å²) in [5.41, 5.74) is 0. The Kier molecular flexibility index (Phi) is 75.6. The molecule has 0 radical (unpaired) electrons. The van der Waals surface area contributed by atoms with E-state index in [2.05, 4.69) is 167 Å². The number of rotatable bonds is 77. The highest BCUT2D eigenvalue weighted by Gasteiger charge is 2.29. The molecule has 5 atom stereocenters. The van der Waals surface area contributed by atoms with Gasteiger partial charge in [0.2, 0.25) is 0 Å². The fraction of sp³-hybridized carbons (Fsp3) is 0.690. The zero-order chi connectivity index (χ0) is 76.6. The van der Waals surface area contributed by atoms with Crippen LogP contribution in [0.3, 0.4) is 0 Å². The number of aliphatic hydroxyl groups excluding tert-OH is 2. The molecular formula is C87H148O16P2. The lowest BCUT2D eigenvalue weighted by molar-refractivity contribution is -0.161. The third kappa shape index (κ3) is 80.3. The molecule has 0 aromatic carbocycles. The maximum absolute atomic E-state index is 12.9. The predicted molar refractivity (Wildman–Crippen MR) is 436 cm³/mol. The second-order valence-corrected chi connectivity index (χ2v) is 30.1. The van der Waals surface area contributed by atoms with Gasteiger partial charge in [-0.05, 0) is 122 Å². The number of hydrogen-bond acceptors (Lipinski definition) is 14. The minimum absolute atomic E-state index is 0.0952. The van der Waals surface area contributed by atoms with Gasteiger partial charge in [-0.25, -0.2) is 9.13 Å². The van der Waals surface area contributed by atoms with Crippen molar-refractivity contribution in [2.45, 2.75) is 347 Å². The Morgan fingerprint density at radius 3 is 0.819 bits per heavy atom. The van der Waals surface area contributed by atoms with Crippen molar-refractivity contribution in [1.82, 2.24) is 0 Å². The first-order valence-electron chi connectivity index (χ1n) is 41.1. The van der Waals surface area contributed by atoms with E-state index < -0.39 is 91.5 Å². The fourth-order valence-electron chi connectivity index (χ4n) is 10.9. The molecule has 16 nitrogen and oxygen atoms in total. The Labute approximate surface area is 638 Å². The van der Waals surface area contributed by atoms with E-state index in [1.807, 2.05) is 0 Å². The number of esters is 3. The van der Waals surface area contributed by atoms with Gasteiger partial charge < -0.3 is 34.2 Å². The first kappa shape index (κ1) is 100. The zero-order valence-corrected chi connectivity index (χ0v) is 67.6. The Morgan fingerprint density at radius 2 is 0.505 bits per heavy atom. The Balaban J connectivity index is 4.42. The largest absolute Gasteiger partial charge is 0.472 e. The number of phosphoric acid groups is 2. The number of ether oxygens (including phenoxy) is 3. The zero-order valence-electron chi connectivity index (χ0n) is 65.9. The lowest BCUT2D eigenvalue weighted by Gasteiger charge is -2.21. The summed E-state index contributed by atoms with van der Waals surface area (Å²) in [5.74, 6) is -1.62. The van der Waals surface area contributed by atoms with Crippen molar-refractivity contribution in [3.63, 3.8) is 0 Å². The summed E-state index contributed by atoms with van der Waals surface area (Å²) in [4.78, 5) is 58.6. The topological polar surface area (TPSA) is 231 Å². The third-order valence-electron chi connectivity index (χ3n) is 17.1. The first-order chi connectivity index (χ1) is 51.2. The molecule has 0 fully saturated rings. The van der Waals surface area contributed by atoms with Crippen LogP contribution in [0.5, 0.6) is 0 Å². The summed E-state index contributed by atoms with van der Waals surface area (Å²) in [6, 6.07) is 0. The van der Waals surface area contributed by atoms with Gasteiger partial charge in [0.1, 0.15) is 25.4 Å². The van der Waals surface area contributed by atoms with Gasteiger partial charge in [-0.2, -0.15) is 0 Å². The van der Waals surface area contributed by atoms with Gasteiger partial charge in [0, 0.05) is 19.3 Å². The molecule has 5 unspecified atom stereocenters. The number of hydrogen-bond donors (Lipinski definition) is 4. The van der Waals surface area contributed by atoms with Gasteiger partial charge in [-0.15, -0.1) is 0 Å². The molecule has 105 heavy (non-hydrogen) atoms. The average Bonchev–Trinajstić information content (AvgIpc) is 1.03. The normalized spacial score (nSPS) is 14.7. The van der Waals surface area contributed by atoms with Crippen molar-refractivity contribution >= 4 is 33.6 Å². The molecule has 602 valence electrons. The van der Waals surface area contributed by atoms with Crippen LogP contribution >= 0.6 is 15.6 Å². The highest BCUT2D eigenvalue weighted by Crippen LogP contribution is 2.45. The molecule has 0 bridgehead atoms. The summed E-state index contributed by atoms with van der Waals surface area (Å²) in [5, 5.41) is 20.6. The van der Waals surface area contributed by atoms with E-state index in [4.69, 9.17) is 32.3 Å². The molecule has 0 amide bonds. The third-order valence-corrected chi connectivity index (χ3v) is 19.0. The average molecular weight is 1510 g/mol. The van der Waals surface area contributed by atoms with Gasteiger partial charge in [0.05, 0.1) is 26.4 Å². The molecule has 4 N–H and O–H groups in total. The minimum atomic E-state index is -4.94. The Morgan fingerprint density at radius 1 is 0.276 bits per heavy atom. The number of allylic oxidation sites excluding steroid dienone is 24. The fourth-order valence-corrected chi connectivity index (χ4v) is 12.5. The number of carbonyl (C=O) groups excluding carboxylic acids is 3. The van der Waals surface area contributed by atoms with Gasteiger partial charge in [0.25, 0.3) is 0 Å². The van der Waals surface area contributed by atoms with Gasteiger partial charge >= 0.3 is 33.6 Å². The standard InChI is InChI=1S/C87H148O16P2/c1-4-7-10-13-16-19-22-25-27-29-31-33-34-35-36-37-38-39-40-41-42-43-44-45-46-48-50-51-53-56-58-61-64-67-70-73-85(90)97-76-82(88)77-99-104(93,94)100-78-83(89)79-101-105(95,96)102-81-84(103-87(92)75-72-69-66-63-60-55-24-21-18-15-12-9-6-3)80-98-86(91)74-71-68-65-62-59-57-54-52-49-47-32-30-28-26-23-20-17-14-11-8-5-2/h7-8,10-11,16-17,19-20,25-28,31-33,35-36,38-39,47,52,54,59,62,82-84,88-89H,4-6,9,12-15,18,21-24,29-30,34,37,40-46,48-51,53,55-58,60-61,63-81H2,1-3H3,(H,93,94)(H,95,96)/b10-7-,11-8-,19-16-,20-17-,27-25-,28-26-,33-31-,36-35-,39-38-,47-32-,54-52-,62-59-. The van der Waals surface area contributed by atoms with Crippen LogP contribution in [-0.4, -0.2) is 95.9 Å². The van der Waals surface area contributed by atoms with E-state index in [1.54, 1.807) is 0 Å². The summed E-state index contributed by atoms with van der Waals surface area (Å²) >= 11 is 0. The van der Waals surface area contributed by atoms with E-state index in [0.29, 0.717) is 19.3 Å². The molecule has 0 aliphatic heterocycles. The van der Waals surface area contributed by atoms with Crippen LogP contribution in [0.25, 0.3) is 0 Å². The summed E-state index contributed by atoms with van der Waals surface area (Å²) in [6.07, 6.45) is 97.8. The molecule has 0 aromatic rings. The van der Waals surface area contributed by atoms with Crippen molar-refractivity contribution in [1.29, 1.82) is 0 Å². The van der Waals surface area contributed by atoms with Gasteiger partial charge in [-0.3, -0.25) is 32.5 Å². The highest BCUT2D eigenvalue weighted by molar-refractivity contribution is 7.47. The van der Waals surface area contributed by atoms with Crippen LogP contribution in [0.1, 0.15) is 329 Å². The van der Waals surface area contributed by atoms with Crippen molar-refractivity contribution < 1.29 is 75.8 Å². The SMILES string of the molecule is CC/C=C\C/C=C\C/C=C\C/C=C\C/C=C\C/C=C\CCCCCCCCCCCCCCCCCCC(=O)OCC(O)COP(=O)(O)OCC(O)COP(=O)(O)OCC(COC(=O)CCCC/C=C\C/C=C\C/C=C\C/C=C\C/C=C\C/C=C\CC)OC(=O)CCCCCCCCCCCCCCC. The van der Waals surface area contributed by atoms with E-state index in [1.165, 1.54) is 135 Å². The van der Waals surface area contributed by atoms with Crippen molar-refractivity contribution in [2.75, 3.05) is 39.6 Å². The minimum Gasteiger partial charge on any atom is -0.463 e. The number of phosphoric ester groups is 2. The van der Waals surface area contributed by atoms with Crippen molar-refractivity contribution in [3.05, 3.63) is 146 Å². The van der Waals surface area contributed by atoms with E-state index >= 15 is 0 Å². The van der Waals surface area contributed by atoms with E-state index in [0.717, 1.165) is 135 Å². The van der Waals surface area contributed by atoms with Crippen LogP contribution in [0.15, 0.2) is 146 Å². The first-order valence-corrected chi connectivity index (χ1v) is 44.1. The van der Waals surface area contributed by atoms with E-state index in [9.17, 15) is 43.5 Å².